The highest BCUT2D eigenvalue weighted by Crippen LogP contribution is 2.22. The van der Waals surface area contributed by atoms with Crippen molar-refractivity contribution in [1.82, 2.24) is 19.7 Å². The normalized spacial score (nSPS) is 15.6. The van der Waals surface area contributed by atoms with Gasteiger partial charge in [-0.25, -0.2) is 0 Å². The Morgan fingerprint density at radius 1 is 1.15 bits per heavy atom. The van der Waals surface area contributed by atoms with Crippen LogP contribution in [0.3, 0.4) is 0 Å². The van der Waals surface area contributed by atoms with Crippen LogP contribution in [-0.4, -0.2) is 45.8 Å². The minimum absolute atomic E-state index is 0.735. The van der Waals surface area contributed by atoms with E-state index in [1.165, 1.54) is 25.9 Å². The Morgan fingerprint density at radius 3 is 2.65 bits per heavy atom. The summed E-state index contributed by atoms with van der Waals surface area (Å²) in [5.41, 5.74) is 8.64. The number of likely N-dealkylation sites (tertiary alicyclic amines) is 1. The molecule has 6 nitrogen and oxygen atoms in total. The van der Waals surface area contributed by atoms with Gasteiger partial charge in [-0.2, -0.15) is 0 Å². The highest BCUT2D eigenvalue weighted by Gasteiger charge is 2.11. The van der Waals surface area contributed by atoms with Crippen molar-refractivity contribution in [1.29, 1.82) is 0 Å². The lowest BCUT2D eigenvalue weighted by atomic mass is 10.2. The van der Waals surface area contributed by atoms with Gasteiger partial charge in [-0.05, 0) is 44.1 Å². The number of nitrogens with zero attached hydrogens (tertiary/aromatic N) is 4. The number of hydrogen-bond donors (Lipinski definition) is 2. The molecule has 1 aromatic carbocycles. The molecule has 1 fully saturated rings. The standard InChI is InChI=1S/C14H20N6/c15-12-3-4-13(14(9-12)20-10-17-18-11-20)16-5-8-19-6-1-2-7-19/h3-4,9-11,16H,1-2,5-8,15H2. The number of hydrogen-bond acceptors (Lipinski definition) is 5. The second-order valence-electron chi connectivity index (χ2n) is 5.12. The lowest BCUT2D eigenvalue weighted by Gasteiger charge is -2.17. The summed E-state index contributed by atoms with van der Waals surface area (Å²) in [6.45, 7) is 4.45. The van der Waals surface area contributed by atoms with Crippen LogP contribution in [0.5, 0.6) is 0 Å². The first-order valence-electron chi connectivity index (χ1n) is 7.04. The van der Waals surface area contributed by atoms with Crippen molar-refractivity contribution in [3.63, 3.8) is 0 Å². The van der Waals surface area contributed by atoms with Crippen LogP contribution in [-0.2, 0) is 0 Å². The van der Waals surface area contributed by atoms with Crippen molar-refractivity contribution >= 4 is 11.4 Å². The zero-order valence-corrected chi connectivity index (χ0v) is 11.5. The molecular weight excluding hydrogens is 252 g/mol. The summed E-state index contributed by atoms with van der Waals surface area (Å²) in [6.07, 6.45) is 6.02. The fourth-order valence-corrected chi connectivity index (χ4v) is 2.59. The van der Waals surface area contributed by atoms with Gasteiger partial charge in [-0.1, -0.05) is 0 Å². The molecule has 2 heterocycles. The summed E-state index contributed by atoms with van der Waals surface area (Å²) in [5.74, 6) is 0. The molecule has 1 saturated heterocycles. The molecule has 3 N–H and O–H groups in total. The van der Waals surface area contributed by atoms with Gasteiger partial charge < -0.3 is 16.0 Å². The van der Waals surface area contributed by atoms with E-state index in [0.717, 1.165) is 30.2 Å². The van der Waals surface area contributed by atoms with E-state index in [1.54, 1.807) is 12.7 Å². The topological polar surface area (TPSA) is 72.0 Å². The highest BCUT2D eigenvalue weighted by molar-refractivity contribution is 5.66. The Morgan fingerprint density at radius 2 is 1.90 bits per heavy atom. The van der Waals surface area contributed by atoms with E-state index in [2.05, 4.69) is 20.4 Å². The van der Waals surface area contributed by atoms with Crippen LogP contribution in [0.1, 0.15) is 12.8 Å². The zero-order chi connectivity index (χ0) is 13.8. The summed E-state index contributed by atoms with van der Waals surface area (Å²) in [4.78, 5) is 2.49. The van der Waals surface area contributed by atoms with E-state index < -0.39 is 0 Å². The second-order valence-corrected chi connectivity index (χ2v) is 5.12. The molecule has 1 aromatic heterocycles. The molecule has 20 heavy (non-hydrogen) atoms. The molecule has 0 saturated carbocycles. The van der Waals surface area contributed by atoms with Crippen LogP contribution in [0.4, 0.5) is 11.4 Å². The van der Waals surface area contributed by atoms with Gasteiger partial charge in [0.2, 0.25) is 0 Å². The summed E-state index contributed by atoms with van der Waals surface area (Å²) in [7, 11) is 0. The van der Waals surface area contributed by atoms with Crippen LogP contribution < -0.4 is 11.1 Å². The van der Waals surface area contributed by atoms with Gasteiger partial charge in [0.05, 0.1) is 11.4 Å². The number of anilines is 2. The van der Waals surface area contributed by atoms with E-state index in [1.807, 2.05) is 22.8 Å². The molecule has 1 aliphatic heterocycles. The maximum absolute atomic E-state index is 5.87. The van der Waals surface area contributed by atoms with E-state index >= 15 is 0 Å². The summed E-state index contributed by atoms with van der Waals surface area (Å²) in [6, 6.07) is 5.85. The van der Waals surface area contributed by atoms with E-state index in [-0.39, 0.29) is 0 Å². The Balaban J connectivity index is 1.69. The first-order valence-corrected chi connectivity index (χ1v) is 7.04. The van der Waals surface area contributed by atoms with Crippen LogP contribution in [0.15, 0.2) is 30.9 Å². The van der Waals surface area contributed by atoms with Crippen LogP contribution in [0, 0.1) is 0 Å². The number of nitrogens with two attached hydrogens (primary N) is 1. The molecular formula is C14H20N6. The van der Waals surface area contributed by atoms with Gasteiger partial charge in [0.15, 0.2) is 0 Å². The molecule has 1 aliphatic rings. The minimum Gasteiger partial charge on any atom is -0.399 e. The van der Waals surface area contributed by atoms with Gasteiger partial charge in [0.1, 0.15) is 12.7 Å². The number of benzene rings is 1. The van der Waals surface area contributed by atoms with Gasteiger partial charge in [-0.15, -0.1) is 10.2 Å². The smallest absolute Gasteiger partial charge is 0.123 e. The average molecular weight is 272 g/mol. The van der Waals surface area contributed by atoms with Crippen LogP contribution in [0.25, 0.3) is 5.69 Å². The number of aromatic nitrogens is 3. The van der Waals surface area contributed by atoms with Crippen molar-refractivity contribution < 1.29 is 0 Å². The van der Waals surface area contributed by atoms with Crippen LogP contribution >= 0.6 is 0 Å². The first kappa shape index (κ1) is 12.9. The minimum atomic E-state index is 0.735. The van der Waals surface area contributed by atoms with Crippen molar-refractivity contribution in [2.45, 2.75) is 12.8 Å². The Kier molecular flexibility index (Phi) is 3.83. The molecule has 0 spiro atoms. The quantitative estimate of drug-likeness (QED) is 0.804. The van der Waals surface area contributed by atoms with Gasteiger partial charge in [0, 0.05) is 18.8 Å². The Hall–Kier alpha value is -2.08. The first-order chi connectivity index (χ1) is 9.83. The lowest BCUT2D eigenvalue weighted by Crippen LogP contribution is -2.26. The fourth-order valence-electron chi connectivity index (χ4n) is 2.59. The molecule has 2 aromatic rings. The molecule has 0 bridgehead atoms. The number of nitrogen functional groups attached to an aromatic ring is 1. The predicted octanol–water partition coefficient (Wildman–Crippen LogP) is 1.36. The average Bonchev–Trinajstić information content (AvgIpc) is 3.12. The van der Waals surface area contributed by atoms with Gasteiger partial charge >= 0.3 is 0 Å². The third-order valence-corrected chi connectivity index (χ3v) is 3.66. The third kappa shape index (κ3) is 2.91. The van der Waals surface area contributed by atoms with Crippen molar-refractivity contribution in [3.8, 4) is 5.69 Å². The zero-order valence-electron chi connectivity index (χ0n) is 11.5. The second kappa shape index (κ2) is 5.92. The molecule has 0 amide bonds. The molecule has 0 radical (unpaired) electrons. The highest BCUT2D eigenvalue weighted by atomic mass is 15.2. The lowest BCUT2D eigenvalue weighted by molar-refractivity contribution is 0.352. The Bertz CT molecular complexity index is 545. The molecule has 0 aliphatic carbocycles. The Labute approximate surface area is 118 Å². The molecule has 106 valence electrons. The van der Waals surface area contributed by atoms with Crippen molar-refractivity contribution in [2.75, 3.05) is 37.2 Å². The maximum atomic E-state index is 5.87. The van der Waals surface area contributed by atoms with Crippen molar-refractivity contribution in [2.24, 2.45) is 0 Å². The van der Waals surface area contributed by atoms with E-state index in [9.17, 15) is 0 Å². The monoisotopic (exact) mass is 272 g/mol. The molecule has 6 heteroatoms. The van der Waals surface area contributed by atoms with Gasteiger partial charge in [0.25, 0.3) is 0 Å². The summed E-state index contributed by atoms with van der Waals surface area (Å²) in [5, 5.41) is 11.2. The SMILES string of the molecule is Nc1ccc(NCCN2CCCC2)c(-n2cnnc2)c1. The molecule has 0 atom stereocenters. The predicted molar refractivity (Wildman–Crippen MR) is 79.9 cm³/mol. The van der Waals surface area contributed by atoms with E-state index in [4.69, 9.17) is 5.73 Å². The van der Waals surface area contributed by atoms with Gasteiger partial charge in [-0.3, -0.25) is 4.57 Å². The third-order valence-electron chi connectivity index (χ3n) is 3.66. The van der Waals surface area contributed by atoms with Crippen LogP contribution in [0.2, 0.25) is 0 Å². The molecule has 3 rings (SSSR count). The van der Waals surface area contributed by atoms with E-state index in [0.29, 0.717) is 0 Å². The summed E-state index contributed by atoms with van der Waals surface area (Å²) < 4.78 is 1.87. The maximum Gasteiger partial charge on any atom is 0.123 e. The molecule has 0 unspecified atom stereocenters. The largest absolute Gasteiger partial charge is 0.399 e. The summed E-state index contributed by atoms with van der Waals surface area (Å²) >= 11 is 0. The number of nitrogens with one attached hydrogen (secondary N) is 1. The fraction of sp³-hybridized carbons (Fsp3) is 0.429. The van der Waals surface area contributed by atoms with Crippen molar-refractivity contribution in [3.05, 3.63) is 30.9 Å². The number of rotatable bonds is 5.